The van der Waals surface area contributed by atoms with Crippen molar-refractivity contribution in [3.63, 3.8) is 0 Å². The van der Waals surface area contributed by atoms with Crippen LogP contribution in [0.4, 0.5) is 4.39 Å². The van der Waals surface area contributed by atoms with Gasteiger partial charge in [0.05, 0.1) is 0 Å². The molecule has 2 unspecified atom stereocenters. The summed E-state index contributed by atoms with van der Waals surface area (Å²) >= 11 is 0. The van der Waals surface area contributed by atoms with Crippen molar-refractivity contribution in [1.82, 2.24) is 20.0 Å². The maximum absolute atomic E-state index is 14.1. The lowest BCUT2D eigenvalue weighted by Crippen LogP contribution is -2.57. The number of carbonyl (C=O) groups is 1. The lowest BCUT2D eigenvalue weighted by molar-refractivity contribution is 0.0593. The SMILES string of the molecule is Cc1cc(=O)c(C(=O)N2CCNC(C)C2C)nn1-c1ccccc1F. The molecule has 0 radical (unpaired) electrons. The second-order valence-electron chi connectivity index (χ2n) is 6.34. The Morgan fingerprint density at radius 2 is 2.04 bits per heavy atom. The highest BCUT2D eigenvalue weighted by Gasteiger charge is 2.31. The molecule has 7 heteroatoms. The number of hydrogen-bond acceptors (Lipinski definition) is 4. The first-order valence-corrected chi connectivity index (χ1v) is 8.30. The molecule has 0 bridgehead atoms. The van der Waals surface area contributed by atoms with Gasteiger partial charge in [-0.25, -0.2) is 9.07 Å². The molecule has 0 spiro atoms. The van der Waals surface area contributed by atoms with E-state index in [0.29, 0.717) is 18.8 Å². The number of hydrogen-bond donors (Lipinski definition) is 1. The lowest BCUT2D eigenvalue weighted by atomic mass is 10.1. The molecular weight excluding hydrogens is 323 g/mol. The van der Waals surface area contributed by atoms with Crippen LogP contribution in [-0.2, 0) is 0 Å². The summed E-state index contributed by atoms with van der Waals surface area (Å²) in [6, 6.07) is 7.51. The normalized spacial score (nSPS) is 20.6. The first kappa shape index (κ1) is 17.3. The van der Waals surface area contributed by atoms with Crippen molar-refractivity contribution in [2.24, 2.45) is 0 Å². The van der Waals surface area contributed by atoms with Gasteiger partial charge >= 0.3 is 0 Å². The molecule has 1 aromatic carbocycles. The fourth-order valence-corrected chi connectivity index (χ4v) is 3.04. The Morgan fingerprint density at radius 3 is 2.76 bits per heavy atom. The van der Waals surface area contributed by atoms with Crippen LogP contribution in [0.15, 0.2) is 35.1 Å². The van der Waals surface area contributed by atoms with Gasteiger partial charge in [0.1, 0.15) is 11.5 Å². The van der Waals surface area contributed by atoms with Crippen molar-refractivity contribution in [3.8, 4) is 5.69 Å². The standard InChI is InChI=1S/C18H21FN4O2/c1-11-10-16(24)17(18(25)22-9-8-20-12(2)13(22)3)21-23(11)15-7-5-4-6-14(15)19/h4-7,10,12-13,20H,8-9H2,1-3H3. The van der Waals surface area contributed by atoms with Crippen molar-refractivity contribution in [1.29, 1.82) is 0 Å². The molecular formula is C18H21FN4O2. The first-order valence-electron chi connectivity index (χ1n) is 8.30. The number of nitrogens with one attached hydrogen (secondary N) is 1. The average Bonchev–Trinajstić information content (AvgIpc) is 2.58. The molecule has 1 N–H and O–H groups in total. The molecule has 1 aliphatic rings. The molecule has 1 fully saturated rings. The van der Waals surface area contributed by atoms with E-state index in [1.807, 2.05) is 13.8 Å². The maximum atomic E-state index is 14.1. The van der Waals surface area contributed by atoms with Crippen molar-refractivity contribution in [2.75, 3.05) is 13.1 Å². The van der Waals surface area contributed by atoms with Crippen LogP contribution in [0.25, 0.3) is 5.69 Å². The minimum absolute atomic E-state index is 0.0642. The van der Waals surface area contributed by atoms with E-state index in [1.165, 1.54) is 16.8 Å². The summed E-state index contributed by atoms with van der Waals surface area (Å²) in [5, 5.41) is 7.48. The smallest absolute Gasteiger partial charge is 0.278 e. The number of halogens is 1. The van der Waals surface area contributed by atoms with E-state index in [0.717, 1.165) is 0 Å². The molecule has 2 aromatic rings. The second kappa shape index (κ2) is 6.76. The maximum Gasteiger partial charge on any atom is 0.278 e. The molecule has 1 amide bonds. The van der Waals surface area contributed by atoms with Gasteiger partial charge in [0, 0.05) is 36.9 Å². The Labute approximate surface area is 145 Å². The number of piperazine rings is 1. The van der Waals surface area contributed by atoms with E-state index in [-0.39, 0.29) is 23.5 Å². The van der Waals surface area contributed by atoms with Crippen molar-refractivity contribution < 1.29 is 9.18 Å². The highest BCUT2D eigenvalue weighted by atomic mass is 19.1. The van der Waals surface area contributed by atoms with Crippen LogP contribution in [0.1, 0.15) is 30.0 Å². The zero-order valence-electron chi connectivity index (χ0n) is 14.5. The van der Waals surface area contributed by atoms with Crippen molar-refractivity contribution in [2.45, 2.75) is 32.9 Å². The quantitative estimate of drug-likeness (QED) is 0.897. The van der Waals surface area contributed by atoms with Crippen LogP contribution in [0.2, 0.25) is 0 Å². The summed E-state index contributed by atoms with van der Waals surface area (Å²) in [5.41, 5.74) is 0.0347. The third-order valence-electron chi connectivity index (χ3n) is 4.69. The predicted molar refractivity (Wildman–Crippen MR) is 92.5 cm³/mol. The highest BCUT2D eigenvalue weighted by Crippen LogP contribution is 2.15. The number of amides is 1. The monoisotopic (exact) mass is 344 g/mol. The zero-order chi connectivity index (χ0) is 18.1. The van der Waals surface area contributed by atoms with Crippen LogP contribution < -0.4 is 10.7 Å². The summed E-state index contributed by atoms with van der Waals surface area (Å²) in [4.78, 5) is 26.9. The average molecular weight is 344 g/mol. The number of nitrogens with zero attached hydrogens (tertiary/aromatic N) is 3. The highest BCUT2D eigenvalue weighted by molar-refractivity contribution is 5.92. The Balaban J connectivity index is 2.05. The third-order valence-corrected chi connectivity index (χ3v) is 4.69. The van der Waals surface area contributed by atoms with Gasteiger partial charge < -0.3 is 10.2 Å². The fraction of sp³-hybridized carbons (Fsp3) is 0.389. The van der Waals surface area contributed by atoms with Crippen molar-refractivity contribution >= 4 is 5.91 Å². The molecule has 2 heterocycles. The topological polar surface area (TPSA) is 67.2 Å². The number of aryl methyl sites for hydroxylation is 1. The van der Waals surface area contributed by atoms with E-state index in [4.69, 9.17) is 0 Å². The third kappa shape index (κ3) is 3.19. The van der Waals surface area contributed by atoms with Gasteiger partial charge in [-0.3, -0.25) is 9.59 Å². The summed E-state index contributed by atoms with van der Waals surface area (Å²) in [7, 11) is 0. The lowest BCUT2D eigenvalue weighted by Gasteiger charge is -2.38. The van der Waals surface area contributed by atoms with Gasteiger partial charge in [-0.1, -0.05) is 12.1 Å². The van der Waals surface area contributed by atoms with Gasteiger partial charge in [0.25, 0.3) is 5.91 Å². The number of rotatable bonds is 2. The Hall–Kier alpha value is -2.54. The number of benzene rings is 1. The molecule has 1 aliphatic heterocycles. The predicted octanol–water partition coefficient (Wildman–Crippen LogP) is 1.50. The van der Waals surface area contributed by atoms with Gasteiger partial charge in [0.2, 0.25) is 5.43 Å². The van der Waals surface area contributed by atoms with Gasteiger partial charge in [-0.2, -0.15) is 5.10 Å². The van der Waals surface area contributed by atoms with E-state index in [2.05, 4.69) is 10.4 Å². The Kier molecular flexibility index (Phi) is 4.67. The summed E-state index contributed by atoms with van der Waals surface area (Å²) in [5.74, 6) is -0.889. The summed E-state index contributed by atoms with van der Waals surface area (Å²) in [6.07, 6.45) is 0. The summed E-state index contributed by atoms with van der Waals surface area (Å²) in [6.45, 7) is 6.73. The van der Waals surface area contributed by atoms with Gasteiger partial charge in [-0.15, -0.1) is 0 Å². The van der Waals surface area contributed by atoms with Crippen LogP contribution in [-0.4, -0.2) is 45.8 Å². The second-order valence-corrected chi connectivity index (χ2v) is 6.34. The van der Waals surface area contributed by atoms with Gasteiger partial charge in [-0.05, 0) is 32.9 Å². The Bertz CT molecular complexity index is 864. The molecule has 1 aromatic heterocycles. The van der Waals surface area contributed by atoms with Crippen LogP contribution in [0.5, 0.6) is 0 Å². The number of aromatic nitrogens is 2. The van der Waals surface area contributed by atoms with Crippen LogP contribution in [0.3, 0.4) is 0 Å². The fourth-order valence-electron chi connectivity index (χ4n) is 3.04. The summed E-state index contributed by atoms with van der Waals surface area (Å²) < 4.78 is 15.4. The molecule has 25 heavy (non-hydrogen) atoms. The number of para-hydroxylation sites is 1. The molecule has 3 rings (SSSR count). The van der Waals surface area contributed by atoms with Crippen LogP contribution in [0, 0.1) is 12.7 Å². The van der Waals surface area contributed by atoms with E-state index >= 15 is 0 Å². The minimum atomic E-state index is -0.468. The number of carbonyl (C=O) groups excluding carboxylic acids is 1. The van der Waals surface area contributed by atoms with Crippen molar-refractivity contribution in [3.05, 3.63) is 57.8 Å². The molecule has 0 aliphatic carbocycles. The Morgan fingerprint density at radius 1 is 1.32 bits per heavy atom. The molecule has 132 valence electrons. The van der Waals surface area contributed by atoms with E-state index < -0.39 is 17.2 Å². The van der Waals surface area contributed by atoms with E-state index in [1.54, 1.807) is 30.0 Å². The molecule has 6 nitrogen and oxygen atoms in total. The van der Waals surface area contributed by atoms with Gasteiger partial charge in [0.15, 0.2) is 5.69 Å². The zero-order valence-corrected chi connectivity index (χ0v) is 14.5. The molecule has 1 saturated heterocycles. The molecule has 0 saturated carbocycles. The molecule has 2 atom stereocenters. The minimum Gasteiger partial charge on any atom is -0.332 e. The van der Waals surface area contributed by atoms with E-state index in [9.17, 15) is 14.0 Å². The first-order chi connectivity index (χ1) is 11.9. The van der Waals surface area contributed by atoms with Crippen LogP contribution >= 0.6 is 0 Å². The largest absolute Gasteiger partial charge is 0.332 e.